The number of nitrogens with one attached hydrogen (secondary N) is 1. The van der Waals surface area contributed by atoms with Crippen LogP contribution in [0.2, 0.25) is 0 Å². The second kappa shape index (κ2) is 4.76. The zero-order chi connectivity index (χ0) is 14.3. The molecule has 1 saturated heterocycles. The molecule has 6 heteroatoms. The summed E-state index contributed by atoms with van der Waals surface area (Å²) in [5.41, 5.74) is 0.104. The number of hydrogen-bond donors (Lipinski definition) is 1. The molecule has 106 valence electrons. The molecule has 1 aromatic rings. The lowest BCUT2D eigenvalue weighted by Gasteiger charge is -2.37. The van der Waals surface area contributed by atoms with Gasteiger partial charge in [-0.1, -0.05) is 6.07 Å². The van der Waals surface area contributed by atoms with Gasteiger partial charge in [0.2, 0.25) is 0 Å². The third kappa shape index (κ3) is 3.25. The number of sulfone groups is 1. The number of rotatable bonds is 2. The second-order valence-electron chi connectivity index (χ2n) is 5.53. The maximum absolute atomic E-state index is 13.7. The lowest BCUT2D eigenvalue weighted by molar-refractivity contribution is 0.357. The van der Waals surface area contributed by atoms with E-state index in [1.54, 1.807) is 6.07 Å². The molecule has 1 atom stereocenters. The van der Waals surface area contributed by atoms with E-state index in [9.17, 15) is 12.8 Å². The predicted octanol–water partition coefficient (Wildman–Crippen LogP) is 1.67. The highest BCUT2D eigenvalue weighted by molar-refractivity contribution is 7.91. The molecule has 1 aromatic carbocycles. The summed E-state index contributed by atoms with van der Waals surface area (Å²) < 4.78 is 42.3. The molecule has 2 rings (SSSR count). The van der Waals surface area contributed by atoms with Crippen LogP contribution in [0.3, 0.4) is 0 Å². The van der Waals surface area contributed by atoms with Gasteiger partial charge in [-0.15, -0.1) is 0 Å². The largest absolute Gasteiger partial charge is 0.494 e. The van der Waals surface area contributed by atoms with E-state index in [4.69, 9.17) is 4.74 Å². The van der Waals surface area contributed by atoms with Gasteiger partial charge >= 0.3 is 0 Å². The molecule has 1 unspecified atom stereocenters. The first-order valence-corrected chi connectivity index (χ1v) is 7.86. The van der Waals surface area contributed by atoms with E-state index in [1.807, 2.05) is 13.8 Å². The van der Waals surface area contributed by atoms with Crippen LogP contribution in [-0.4, -0.2) is 32.6 Å². The quantitative estimate of drug-likeness (QED) is 0.899. The first-order chi connectivity index (χ1) is 8.72. The van der Waals surface area contributed by atoms with Gasteiger partial charge in [0, 0.05) is 11.6 Å². The lowest BCUT2D eigenvalue weighted by Crippen LogP contribution is -2.54. The Bertz CT molecular complexity index is 584. The number of methoxy groups -OCH3 is 1. The molecule has 0 saturated carbocycles. The molecule has 1 heterocycles. The Balaban J connectivity index is 2.33. The van der Waals surface area contributed by atoms with Crippen LogP contribution in [-0.2, 0) is 9.84 Å². The van der Waals surface area contributed by atoms with Crippen LogP contribution in [0.15, 0.2) is 18.2 Å². The Morgan fingerprint density at radius 2 is 2.11 bits per heavy atom. The van der Waals surface area contributed by atoms with E-state index in [1.165, 1.54) is 19.2 Å². The normalized spacial score (nSPS) is 24.9. The van der Waals surface area contributed by atoms with Crippen molar-refractivity contribution in [3.05, 3.63) is 29.6 Å². The minimum atomic E-state index is -3.13. The maximum Gasteiger partial charge on any atom is 0.165 e. The lowest BCUT2D eigenvalue weighted by atomic mass is 10.0. The highest BCUT2D eigenvalue weighted by Gasteiger charge is 2.37. The number of halogens is 1. The smallest absolute Gasteiger partial charge is 0.165 e. The molecule has 0 aromatic heterocycles. The van der Waals surface area contributed by atoms with Gasteiger partial charge in [-0.2, -0.15) is 0 Å². The molecular weight excluding hydrogens is 269 g/mol. The molecule has 19 heavy (non-hydrogen) atoms. The van der Waals surface area contributed by atoms with E-state index in [0.29, 0.717) is 5.56 Å². The molecule has 0 bridgehead atoms. The van der Waals surface area contributed by atoms with Gasteiger partial charge in [0.05, 0.1) is 18.6 Å². The Hall–Kier alpha value is -1.14. The van der Waals surface area contributed by atoms with E-state index in [-0.39, 0.29) is 17.3 Å². The zero-order valence-corrected chi connectivity index (χ0v) is 12.1. The first-order valence-electron chi connectivity index (χ1n) is 6.04. The Morgan fingerprint density at radius 1 is 1.42 bits per heavy atom. The zero-order valence-electron chi connectivity index (χ0n) is 11.2. The van der Waals surface area contributed by atoms with Crippen LogP contribution in [0.25, 0.3) is 0 Å². The van der Waals surface area contributed by atoms with Gasteiger partial charge in [-0.05, 0) is 31.5 Å². The topological polar surface area (TPSA) is 55.4 Å². The van der Waals surface area contributed by atoms with Crippen molar-refractivity contribution in [3.63, 3.8) is 0 Å². The molecular formula is C13H18FNO3S. The van der Waals surface area contributed by atoms with Crippen molar-refractivity contribution in [2.75, 3.05) is 18.6 Å². The van der Waals surface area contributed by atoms with E-state index in [0.717, 1.165) is 0 Å². The summed E-state index contributed by atoms with van der Waals surface area (Å²) >= 11 is 0. The fourth-order valence-corrected chi connectivity index (χ4v) is 4.58. The SMILES string of the molecule is COc1ccc(C2CS(=O)(=O)CC(C)(C)N2)cc1F. The average Bonchev–Trinajstić information content (AvgIpc) is 2.24. The Morgan fingerprint density at radius 3 is 2.63 bits per heavy atom. The van der Waals surface area contributed by atoms with Crippen molar-refractivity contribution in [3.8, 4) is 5.75 Å². The minimum absolute atomic E-state index is 0.0117. The van der Waals surface area contributed by atoms with Gasteiger partial charge in [-0.25, -0.2) is 12.8 Å². The number of ether oxygens (including phenoxy) is 1. The molecule has 1 N–H and O–H groups in total. The summed E-state index contributed by atoms with van der Waals surface area (Å²) in [6, 6.07) is 4.14. The Labute approximate surface area is 112 Å². The molecule has 0 aliphatic carbocycles. The van der Waals surface area contributed by atoms with Crippen LogP contribution >= 0.6 is 0 Å². The van der Waals surface area contributed by atoms with Gasteiger partial charge in [-0.3, -0.25) is 0 Å². The van der Waals surface area contributed by atoms with Crippen molar-refractivity contribution in [2.45, 2.75) is 25.4 Å². The van der Waals surface area contributed by atoms with Crippen molar-refractivity contribution in [1.29, 1.82) is 0 Å². The van der Waals surface area contributed by atoms with Crippen LogP contribution in [0.5, 0.6) is 5.75 Å². The fraction of sp³-hybridized carbons (Fsp3) is 0.538. The first kappa shape index (κ1) is 14.3. The standard InChI is InChI=1S/C13H18FNO3S/c1-13(2)8-19(16,17)7-11(15-13)9-4-5-12(18-3)10(14)6-9/h4-6,11,15H,7-8H2,1-3H3. The van der Waals surface area contributed by atoms with E-state index < -0.39 is 27.2 Å². The molecule has 1 fully saturated rings. The summed E-state index contributed by atoms with van der Waals surface area (Å²) in [7, 11) is -1.74. The molecule has 0 amide bonds. The molecule has 0 spiro atoms. The minimum Gasteiger partial charge on any atom is -0.494 e. The van der Waals surface area contributed by atoms with Gasteiger partial charge in [0.25, 0.3) is 0 Å². The summed E-state index contributed by atoms with van der Waals surface area (Å²) in [6.45, 7) is 3.66. The van der Waals surface area contributed by atoms with Gasteiger partial charge in [0.15, 0.2) is 21.4 Å². The molecule has 0 radical (unpaired) electrons. The van der Waals surface area contributed by atoms with Crippen LogP contribution < -0.4 is 10.1 Å². The van der Waals surface area contributed by atoms with Crippen molar-refractivity contribution >= 4 is 9.84 Å². The summed E-state index contributed by atoms with van der Waals surface area (Å²) in [5, 5.41) is 3.24. The fourth-order valence-electron chi connectivity index (χ4n) is 2.50. The van der Waals surface area contributed by atoms with Gasteiger partial charge < -0.3 is 10.1 Å². The van der Waals surface area contributed by atoms with Crippen molar-refractivity contribution in [2.24, 2.45) is 0 Å². The van der Waals surface area contributed by atoms with Crippen LogP contribution in [0.4, 0.5) is 4.39 Å². The molecule has 1 aliphatic heterocycles. The summed E-state index contributed by atoms with van der Waals surface area (Å²) in [5.74, 6) is -0.249. The van der Waals surface area contributed by atoms with E-state index >= 15 is 0 Å². The maximum atomic E-state index is 13.7. The summed E-state index contributed by atoms with van der Waals surface area (Å²) in [4.78, 5) is 0. The van der Waals surface area contributed by atoms with Crippen LogP contribution in [0, 0.1) is 5.82 Å². The van der Waals surface area contributed by atoms with E-state index in [2.05, 4.69) is 5.32 Å². The average molecular weight is 287 g/mol. The van der Waals surface area contributed by atoms with Gasteiger partial charge in [0.1, 0.15) is 0 Å². The van der Waals surface area contributed by atoms with Crippen LogP contribution in [0.1, 0.15) is 25.5 Å². The third-order valence-corrected chi connectivity index (χ3v) is 5.15. The molecule has 1 aliphatic rings. The van der Waals surface area contributed by atoms with Crippen molar-refractivity contribution < 1.29 is 17.5 Å². The predicted molar refractivity (Wildman–Crippen MR) is 71.6 cm³/mol. The number of hydrogen-bond acceptors (Lipinski definition) is 4. The Kier molecular flexibility index (Phi) is 3.57. The highest BCUT2D eigenvalue weighted by Crippen LogP contribution is 2.28. The molecule has 4 nitrogen and oxygen atoms in total. The summed E-state index contributed by atoms with van der Waals surface area (Å²) in [6.07, 6.45) is 0. The van der Waals surface area contributed by atoms with Crippen molar-refractivity contribution in [1.82, 2.24) is 5.32 Å². The number of benzene rings is 1. The monoisotopic (exact) mass is 287 g/mol. The third-order valence-electron chi connectivity index (χ3n) is 3.14. The highest BCUT2D eigenvalue weighted by atomic mass is 32.2. The second-order valence-corrected chi connectivity index (χ2v) is 7.64.